The topological polar surface area (TPSA) is 109 Å². The van der Waals surface area contributed by atoms with Crippen LogP contribution < -0.4 is 11.5 Å². The third kappa shape index (κ3) is 2.51. The fourth-order valence-electron chi connectivity index (χ4n) is 1.19. The van der Waals surface area contributed by atoms with Crippen molar-refractivity contribution in [3.63, 3.8) is 0 Å². The first-order valence-corrected chi connectivity index (χ1v) is 4.74. The largest absolute Gasteiger partial charge is 0.461 e. The van der Waals surface area contributed by atoms with Crippen LogP contribution in [0.2, 0.25) is 0 Å². The molecule has 0 aliphatic carbocycles. The van der Waals surface area contributed by atoms with E-state index in [-0.39, 0.29) is 12.2 Å². The van der Waals surface area contributed by atoms with E-state index in [1.807, 2.05) is 0 Å². The molecule has 1 aromatic heterocycles. The van der Waals surface area contributed by atoms with E-state index in [2.05, 4.69) is 10.3 Å². The summed E-state index contributed by atoms with van der Waals surface area (Å²) in [7, 11) is 0. The van der Waals surface area contributed by atoms with Crippen LogP contribution in [0.25, 0.3) is 0 Å². The number of nitrogens with two attached hydrogens (primary N) is 2. The summed E-state index contributed by atoms with van der Waals surface area (Å²) in [5, 5.41) is 7.51. The zero-order chi connectivity index (χ0) is 11.3. The van der Waals surface area contributed by atoms with Crippen LogP contribution in [0, 0.1) is 0 Å². The molecule has 7 heteroatoms. The molecule has 1 heterocycles. The van der Waals surface area contributed by atoms with E-state index in [1.165, 1.54) is 4.68 Å². The Labute approximate surface area is 87.4 Å². The Morgan fingerprint density at radius 1 is 1.53 bits per heavy atom. The van der Waals surface area contributed by atoms with E-state index < -0.39 is 5.97 Å². The van der Waals surface area contributed by atoms with Crippen molar-refractivity contribution in [3.8, 4) is 0 Å². The molecule has 0 radical (unpaired) electrons. The summed E-state index contributed by atoms with van der Waals surface area (Å²) < 4.78 is 6.34. The monoisotopic (exact) mass is 213 g/mol. The highest BCUT2D eigenvalue weighted by Crippen LogP contribution is 2.06. The Bertz CT molecular complexity index is 336. The van der Waals surface area contributed by atoms with E-state index in [0.29, 0.717) is 25.4 Å². The lowest BCUT2D eigenvalue weighted by Gasteiger charge is -2.03. The molecule has 0 bridgehead atoms. The van der Waals surface area contributed by atoms with E-state index in [4.69, 9.17) is 16.2 Å². The molecule has 0 aliphatic heterocycles. The van der Waals surface area contributed by atoms with Gasteiger partial charge in [-0.1, -0.05) is 5.21 Å². The number of hydrogen-bond acceptors (Lipinski definition) is 6. The van der Waals surface area contributed by atoms with E-state index in [1.54, 1.807) is 6.92 Å². The maximum absolute atomic E-state index is 11.4. The van der Waals surface area contributed by atoms with Gasteiger partial charge in [0, 0.05) is 13.1 Å². The van der Waals surface area contributed by atoms with Gasteiger partial charge in [-0.05, 0) is 6.92 Å². The molecule has 0 amide bonds. The molecule has 0 unspecified atom stereocenters. The molecule has 0 aliphatic rings. The molecule has 7 nitrogen and oxygen atoms in total. The minimum Gasteiger partial charge on any atom is -0.461 e. The molecule has 1 rings (SSSR count). The molecular formula is C8H15N5O2. The van der Waals surface area contributed by atoms with Gasteiger partial charge in [0.1, 0.15) is 0 Å². The number of nitrogens with zero attached hydrogens (tertiary/aromatic N) is 3. The van der Waals surface area contributed by atoms with Crippen LogP contribution in [0.1, 0.15) is 23.1 Å². The number of rotatable bonds is 5. The summed E-state index contributed by atoms with van der Waals surface area (Å²) in [4.78, 5) is 11.4. The number of carbonyl (C=O) groups excluding carboxylic acids is 1. The van der Waals surface area contributed by atoms with Crippen molar-refractivity contribution in [2.75, 3.05) is 13.2 Å². The van der Waals surface area contributed by atoms with E-state index in [9.17, 15) is 4.79 Å². The van der Waals surface area contributed by atoms with Crippen molar-refractivity contribution in [1.82, 2.24) is 15.0 Å². The maximum atomic E-state index is 11.4. The number of hydrogen-bond donors (Lipinski definition) is 2. The van der Waals surface area contributed by atoms with Crippen molar-refractivity contribution in [3.05, 3.63) is 11.4 Å². The summed E-state index contributed by atoms with van der Waals surface area (Å²) in [5.41, 5.74) is 11.6. The normalized spacial score (nSPS) is 10.3. The summed E-state index contributed by atoms with van der Waals surface area (Å²) in [5.74, 6) is -0.499. The lowest BCUT2D eigenvalue weighted by atomic mass is 10.3. The molecule has 1 aromatic rings. The molecule has 4 N–H and O–H groups in total. The van der Waals surface area contributed by atoms with Gasteiger partial charge in [0.2, 0.25) is 0 Å². The second-order valence-electron chi connectivity index (χ2n) is 2.82. The molecule has 15 heavy (non-hydrogen) atoms. The second kappa shape index (κ2) is 5.42. The number of aromatic nitrogens is 3. The van der Waals surface area contributed by atoms with Crippen molar-refractivity contribution in [2.45, 2.75) is 20.0 Å². The van der Waals surface area contributed by atoms with Crippen LogP contribution >= 0.6 is 0 Å². The van der Waals surface area contributed by atoms with Gasteiger partial charge in [0.15, 0.2) is 5.69 Å². The van der Waals surface area contributed by atoms with Crippen LogP contribution in [0.3, 0.4) is 0 Å². The summed E-state index contributed by atoms with van der Waals surface area (Å²) in [6.07, 6.45) is 0. The first kappa shape index (κ1) is 11.6. The van der Waals surface area contributed by atoms with Crippen LogP contribution in [0.5, 0.6) is 0 Å². The van der Waals surface area contributed by atoms with Gasteiger partial charge >= 0.3 is 5.97 Å². The van der Waals surface area contributed by atoms with Gasteiger partial charge in [-0.2, -0.15) is 0 Å². The van der Waals surface area contributed by atoms with E-state index in [0.717, 1.165) is 0 Å². The van der Waals surface area contributed by atoms with Crippen LogP contribution in [0.4, 0.5) is 0 Å². The Kier molecular flexibility index (Phi) is 4.19. The predicted molar refractivity (Wildman–Crippen MR) is 52.9 cm³/mol. The average molecular weight is 213 g/mol. The third-order valence-electron chi connectivity index (χ3n) is 1.84. The fourth-order valence-corrected chi connectivity index (χ4v) is 1.19. The summed E-state index contributed by atoms with van der Waals surface area (Å²) in [6, 6.07) is 0. The second-order valence-corrected chi connectivity index (χ2v) is 2.82. The highest BCUT2D eigenvalue weighted by Gasteiger charge is 2.18. The summed E-state index contributed by atoms with van der Waals surface area (Å²) in [6.45, 7) is 3.11. The maximum Gasteiger partial charge on any atom is 0.360 e. The highest BCUT2D eigenvalue weighted by atomic mass is 16.5. The molecule has 0 aromatic carbocycles. The van der Waals surface area contributed by atoms with Gasteiger partial charge in [0.05, 0.1) is 18.8 Å². The predicted octanol–water partition coefficient (Wildman–Crippen LogP) is -1.13. The summed E-state index contributed by atoms with van der Waals surface area (Å²) >= 11 is 0. The third-order valence-corrected chi connectivity index (χ3v) is 1.84. The number of carbonyl (C=O) groups is 1. The zero-order valence-electron chi connectivity index (χ0n) is 8.64. The van der Waals surface area contributed by atoms with Crippen LogP contribution in [-0.2, 0) is 17.8 Å². The van der Waals surface area contributed by atoms with Gasteiger partial charge in [-0.3, -0.25) is 0 Å². The molecule has 84 valence electrons. The Hall–Kier alpha value is -1.47. The average Bonchev–Trinajstić information content (AvgIpc) is 2.62. The SMILES string of the molecule is CCOC(=O)c1nnn(CCN)c1CN. The zero-order valence-corrected chi connectivity index (χ0v) is 8.64. The first-order chi connectivity index (χ1) is 7.24. The Balaban J connectivity index is 2.92. The van der Waals surface area contributed by atoms with Gasteiger partial charge in [0.25, 0.3) is 0 Å². The lowest BCUT2D eigenvalue weighted by Crippen LogP contribution is -2.17. The molecular weight excluding hydrogens is 198 g/mol. The lowest BCUT2D eigenvalue weighted by molar-refractivity contribution is 0.0518. The molecule has 0 spiro atoms. The van der Waals surface area contributed by atoms with Crippen molar-refractivity contribution in [2.24, 2.45) is 11.5 Å². The standard InChI is InChI=1S/C8H15N5O2/c1-2-15-8(14)7-6(5-10)13(4-3-9)12-11-7/h2-5,9-10H2,1H3. The van der Waals surface area contributed by atoms with Crippen molar-refractivity contribution < 1.29 is 9.53 Å². The molecule has 0 atom stereocenters. The quantitative estimate of drug-likeness (QED) is 0.599. The Morgan fingerprint density at radius 3 is 2.80 bits per heavy atom. The Morgan fingerprint density at radius 2 is 2.27 bits per heavy atom. The highest BCUT2D eigenvalue weighted by molar-refractivity contribution is 5.88. The van der Waals surface area contributed by atoms with Gasteiger partial charge in [-0.25, -0.2) is 9.48 Å². The van der Waals surface area contributed by atoms with E-state index >= 15 is 0 Å². The molecule has 0 fully saturated rings. The smallest absolute Gasteiger partial charge is 0.360 e. The van der Waals surface area contributed by atoms with Gasteiger partial charge < -0.3 is 16.2 Å². The van der Waals surface area contributed by atoms with Gasteiger partial charge in [-0.15, -0.1) is 5.10 Å². The number of esters is 1. The minimum atomic E-state index is -0.499. The fraction of sp³-hybridized carbons (Fsp3) is 0.625. The van der Waals surface area contributed by atoms with Crippen LogP contribution in [0.15, 0.2) is 0 Å². The first-order valence-electron chi connectivity index (χ1n) is 4.74. The minimum absolute atomic E-state index is 0.174. The van der Waals surface area contributed by atoms with Crippen LogP contribution in [-0.4, -0.2) is 34.1 Å². The molecule has 0 saturated carbocycles. The number of ether oxygens (including phenoxy) is 1. The van der Waals surface area contributed by atoms with Crippen molar-refractivity contribution in [1.29, 1.82) is 0 Å². The van der Waals surface area contributed by atoms with Crippen molar-refractivity contribution >= 4 is 5.97 Å². The molecule has 0 saturated heterocycles.